The van der Waals surface area contributed by atoms with Crippen LogP contribution in [-0.2, 0) is 11.8 Å². The molecule has 0 bridgehead atoms. The number of fused-ring (bicyclic) bond motifs is 1. The number of aromatic nitrogens is 4. The first-order chi connectivity index (χ1) is 12.2. The predicted octanol–water partition coefficient (Wildman–Crippen LogP) is 2.97. The Morgan fingerprint density at radius 3 is 2.80 bits per heavy atom. The van der Waals surface area contributed by atoms with E-state index in [9.17, 15) is 4.79 Å². The van der Waals surface area contributed by atoms with Crippen LogP contribution in [0, 0.1) is 0 Å². The van der Waals surface area contributed by atoms with E-state index in [1.54, 1.807) is 24.8 Å². The number of nitrogens with zero attached hydrogens (tertiary/aromatic N) is 4. The van der Waals surface area contributed by atoms with E-state index < -0.39 is 0 Å². The molecule has 2 heterocycles. The quantitative estimate of drug-likeness (QED) is 0.617. The van der Waals surface area contributed by atoms with Gasteiger partial charge in [0.1, 0.15) is 0 Å². The largest absolute Gasteiger partial charge is 0.354 e. The third-order valence-electron chi connectivity index (χ3n) is 3.94. The molecule has 25 heavy (non-hydrogen) atoms. The zero-order valence-corrected chi connectivity index (χ0v) is 14.3. The zero-order valence-electron chi connectivity index (χ0n) is 14.3. The predicted molar refractivity (Wildman–Crippen MR) is 98.3 cm³/mol. The van der Waals surface area contributed by atoms with Crippen LogP contribution < -0.4 is 10.6 Å². The number of nitrogens with one attached hydrogen (secondary N) is 2. The van der Waals surface area contributed by atoms with Crippen molar-refractivity contribution in [1.82, 2.24) is 19.5 Å². The van der Waals surface area contributed by atoms with Gasteiger partial charge in [-0.1, -0.05) is 6.42 Å². The van der Waals surface area contributed by atoms with Crippen molar-refractivity contribution in [2.75, 3.05) is 17.2 Å². The highest BCUT2D eigenvalue weighted by Gasteiger charge is 2.05. The Kier molecular flexibility index (Phi) is 5.56. The molecule has 0 saturated heterocycles. The lowest BCUT2D eigenvalue weighted by atomic mass is 10.2. The van der Waals surface area contributed by atoms with E-state index in [-0.39, 0.29) is 5.91 Å². The summed E-state index contributed by atoms with van der Waals surface area (Å²) in [6.45, 7) is 0.808. The summed E-state index contributed by atoms with van der Waals surface area (Å²) in [5.41, 5.74) is 2.72. The van der Waals surface area contributed by atoms with Gasteiger partial charge in [0.15, 0.2) is 0 Å². The highest BCUT2D eigenvalue weighted by atomic mass is 16.1. The molecule has 0 aliphatic carbocycles. The summed E-state index contributed by atoms with van der Waals surface area (Å²) in [7, 11) is 1.95. The molecule has 2 aromatic heterocycles. The number of carbonyl (C=O) groups excluding carboxylic acids is 1. The molecule has 0 fully saturated rings. The Balaban J connectivity index is 1.35. The van der Waals surface area contributed by atoms with Crippen molar-refractivity contribution in [3.05, 3.63) is 43.0 Å². The van der Waals surface area contributed by atoms with E-state index in [0.29, 0.717) is 12.4 Å². The lowest BCUT2D eigenvalue weighted by Crippen LogP contribution is -2.11. The fraction of sp³-hybridized carbons (Fsp3) is 0.333. The van der Waals surface area contributed by atoms with Crippen molar-refractivity contribution in [3.63, 3.8) is 0 Å². The number of aryl methyl sites for hydroxylation is 1. The van der Waals surface area contributed by atoms with Crippen LogP contribution in [0.2, 0.25) is 0 Å². The zero-order chi connectivity index (χ0) is 17.5. The van der Waals surface area contributed by atoms with Gasteiger partial charge in [-0.05, 0) is 37.1 Å². The number of benzene rings is 1. The molecule has 3 aromatic rings. The summed E-state index contributed by atoms with van der Waals surface area (Å²) in [5.74, 6) is 0.680. The Morgan fingerprint density at radius 2 is 1.96 bits per heavy atom. The molecule has 7 nitrogen and oxygen atoms in total. The highest BCUT2D eigenvalue weighted by Crippen LogP contribution is 2.17. The van der Waals surface area contributed by atoms with E-state index in [4.69, 9.17) is 0 Å². The number of rotatable bonds is 8. The van der Waals surface area contributed by atoms with Gasteiger partial charge in [-0.3, -0.25) is 4.79 Å². The molecule has 1 amide bonds. The van der Waals surface area contributed by atoms with Crippen LogP contribution in [0.4, 0.5) is 11.6 Å². The summed E-state index contributed by atoms with van der Waals surface area (Å²) in [5, 5.41) is 6.10. The van der Waals surface area contributed by atoms with Gasteiger partial charge in [0.2, 0.25) is 11.9 Å². The number of carbonyl (C=O) groups is 1. The van der Waals surface area contributed by atoms with Crippen molar-refractivity contribution in [2.24, 2.45) is 7.05 Å². The average molecular weight is 338 g/mol. The number of imidazole rings is 1. The molecular formula is C18H22N6O. The number of amides is 1. The first kappa shape index (κ1) is 16.9. The summed E-state index contributed by atoms with van der Waals surface area (Å²) in [6.07, 6.45) is 8.52. The van der Waals surface area contributed by atoms with E-state index >= 15 is 0 Å². The number of hydrogen-bond donors (Lipinski definition) is 2. The summed E-state index contributed by atoms with van der Waals surface area (Å²) >= 11 is 0. The number of unbranched alkanes of at least 4 members (excludes halogenated alkanes) is 2. The summed E-state index contributed by atoms with van der Waals surface area (Å²) in [6, 6.07) is 7.56. The molecule has 0 aliphatic rings. The third-order valence-corrected chi connectivity index (χ3v) is 3.94. The van der Waals surface area contributed by atoms with Crippen molar-refractivity contribution in [1.29, 1.82) is 0 Å². The van der Waals surface area contributed by atoms with Crippen LogP contribution >= 0.6 is 0 Å². The van der Waals surface area contributed by atoms with Gasteiger partial charge in [0, 0.05) is 38.1 Å². The topological polar surface area (TPSA) is 84.7 Å². The molecule has 1 aromatic carbocycles. The Hall–Kier alpha value is -2.96. The summed E-state index contributed by atoms with van der Waals surface area (Å²) < 4.78 is 1.95. The molecule has 0 atom stereocenters. The second-order valence-corrected chi connectivity index (χ2v) is 5.92. The van der Waals surface area contributed by atoms with E-state index in [1.165, 1.54) is 0 Å². The van der Waals surface area contributed by atoms with Crippen molar-refractivity contribution in [2.45, 2.75) is 25.7 Å². The first-order valence-corrected chi connectivity index (χ1v) is 8.44. The van der Waals surface area contributed by atoms with Crippen LogP contribution in [0.1, 0.15) is 25.7 Å². The van der Waals surface area contributed by atoms with Gasteiger partial charge >= 0.3 is 0 Å². The van der Waals surface area contributed by atoms with Crippen LogP contribution in [-0.4, -0.2) is 32.0 Å². The second kappa shape index (κ2) is 8.23. The van der Waals surface area contributed by atoms with Crippen molar-refractivity contribution >= 4 is 28.6 Å². The second-order valence-electron chi connectivity index (χ2n) is 5.92. The molecule has 7 heteroatoms. The summed E-state index contributed by atoms with van der Waals surface area (Å²) in [4.78, 5) is 24.5. The Labute approximate surface area is 146 Å². The van der Waals surface area contributed by atoms with Crippen molar-refractivity contribution in [3.8, 4) is 0 Å². The fourth-order valence-corrected chi connectivity index (χ4v) is 2.62. The minimum absolute atomic E-state index is 0.0367. The van der Waals surface area contributed by atoms with Gasteiger partial charge in [0.05, 0.1) is 17.4 Å². The van der Waals surface area contributed by atoms with Crippen molar-refractivity contribution < 1.29 is 4.79 Å². The van der Waals surface area contributed by atoms with Gasteiger partial charge in [-0.2, -0.15) is 0 Å². The minimum Gasteiger partial charge on any atom is -0.354 e. The average Bonchev–Trinajstić information content (AvgIpc) is 2.99. The van der Waals surface area contributed by atoms with Crippen LogP contribution in [0.3, 0.4) is 0 Å². The Bertz CT molecular complexity index is 830. The van der Waals surface area contributed by atoms with Crippen LogP contribution in [0.5, 0.6) is 0 Å². The van der Waals surface area contributed by atoms with Crippen LogP contribution in [0.25, 0.3) is 11.0 Å². The van der Waals surface area contributed by atoms with E-state index in [1.807, 2.05) is 29.8 Å². The molecule has 0 spiro atoms. The first-order valence-electron chi connectivity index (χ1n) is 8.44. The van der Waals surface area contributed by atoms with E-state index in [0.717, 1.165) is 42.5 Å². The number of anilines is 2. The van der Waals surface area contributed by atoms with Gasteiger partial charge < -0.3 is 15.2 Å². The van der Waals surface area contributed by atoms with Gasteiger partial charge in [-0.15, -0.1) is 0 Å². The molecule has 0 aliphatic heterocycles. The maximum Gasteiger partial charge on any atom is 0.224 e. The standard InChI is InChI=1S/C18H22N6O/c1-24-13-22-15-12-14(7-8-16(15)24)23-17(25)6-3-2-4-9-19-18-20-10-5-11-21-18/h5,7-8,10-13H,2-4,6,9H2,1H3,(H,23,25)(H,19,20,21). The smallest absolute Gasteiger partial charge is 0.224 e. The third kappa shape index (κ3) is 4.76. The highest BCUT2D eigenvalue weighted by molar-refractivity contribution is 5.93. The number of hydrogen-bond acceptors (Lipinski definition) is 5. The maximum absolute atomic E-state index is 12.0. The Morgan fingerprint density at radius 1 is 1.12 bits per heavy atom. The fourth-order valence-electron chi connectivity index (χ4n) is 2.62. The van der Waals surface area contributed by atoms with Gasteiger partial charge in [0.25, 0.3) is 0 Å². The lowest BCUT2D eigenvalue weighted by molar-refractivity contribution is -0.116. The molecular weight excluding hydrogens is 316 g/mol. The lowest BCUT2D eigenvalue weighted by Gasteiger charge is -2.06. The molecule has 2 N–H and O–H groups in total. The molecule has 130 valence electrons. The minimum atomic E-state index is 0.0367. The maximum atomic E-state index is 12.0. The SMILES string of the molecule is Cn1cnc2cc(NC(=O)CCCCCNc3ncccn3)ccc21. The molecule has 3 rings (SSSR count). The molecule has 0 unspecified atom stereocenters. The monoisotopic (exact) mass is 338 g/mol. The van der Waals surface area contributed by atoms with E-state index in [2.05, 4.69) is 25.6 Å². The van der Waals surface area contributed by atoms with Gasteiger partial charge in [-0.25, -0.2) is 15.0 Å². The van der Waals surface area contributed by atoms with Crippen LogP contribution in [0.15, 0.2) is 43.0 Å². The molecule has 0 radical (unpaired) electrons. The normalized spacial score (nSPS) is 10.8. The molecule has 0 saturated carbocycles.